The summed E-state index contributed by atoms with van der Waals surface area (Å²) >= 11 is 0.991. The van der Waals surface area contributed by atoms with Gasteiger partial charge in [0, 0.05) is 38.3 Å². The largest absolute Gasteiger partial charge is 0.497 e. The normalized spacial score (nSPS) is 17.2. The third-order valence-electron chi connectivity index (χ3n) is 6.47. The molecular weight excluding hydrogens is 454 g/mol. The first-order chi connectivity index (χ1) is 16.5. The van der Waals surface area contributed by atoms with Crippen LogP contribution in [0.25, 0.3) is 0 Å². The van der Waals surface area contributed by atoms with Crippen LogP contribution >= 0.6 is 11.3 Å². The van der Waals surface area contributed by atoms with Gasteiger partial charge in [0.25, 0.3) is 11.8 Å². The molecule has 0 saturated carbocycles. The van der Waals surface area contributed by atoms with Gasteiger partial charge in [0.15, 0.2) is 0 Å². The summed E-state index contributed by atoms with van der Waals surface area (Å²) in [4.78, 5) is 41.8. The van der Waals surface area contributed by atoms with E-state index in [1.54, 1.807) is 36.3 Å². The molecule has 0 atom stereocenters. The Labute approximate surface area is 203 Å². The summed E-state index contributed by atoms with van der Waals surface area (Å²) in [5, 5.41) is 11.0. The number of hydrogen-bond donors (Lipinski definition) is 1. The van der Waals surface area contributed by atoms with Crippen molar-refractivity contribution in [3.63, 3.8) is 0 Å². The van der Waals surface area contributed by atoms with Gasteiger partial charge in [0.05, 0.1) is 7.11 Å². The number of piperidine rings is 1. The second-order valence-corrected chi connectivity index (χ2v) is 9.81. The van der Waals surface area contributed by atoms with Crippen LogP contribution < -0.4 is 10.1 Å². The molecule has 2 saturated heterocycles. The van der Waals surface area contributed by atoms with Gasteiger partial charge in [-0.05, 0) is 55.9 Å². The van der Waals surface area contributed by atoms with E-state index in [0.29, 0.717) is 36.9 Å². The highest BCUT2D eigenvalue weighted by atomic mass is 32.1. The van der Waals surface area contributed by atoms with Crippen molar-refractivity contribution in [3.05, 3.63) is 34.3 Å². The van der Waals surface area contributed by atoms with Crippen LogP contribution in [0.15, 0.2) is 24.3 Å². The minimum absolute atomic E-state index is 0.136. The first-order valence-electron chi connectivity index (χ1n) is 11.9. The van der Waals surface area contributed by atoms with Crippen LogP contribution in [0.2, 0.25) is 0 Å². The Morgan fingerprint density at radius 2 is 1.59 bits per heavy atom. The number of hydrogen-bond acceptors (Lipinski definition) is 7. The number of nitrogens with zero attached hydrogens (tertiary/aromatic N) is 4. The summed E-state index contributed by atoms with van der Waals surface area (Å²) < 4.78 is 5.11. The van der Waals surface area contributed by atoms with Crippen molar-refractivity contribution < 1.29 is 19.1 Å². The van der Waals surface area contributed by atoms with Crippen molar-refractivity contribution in [1.29, 1.82) is 0 Å². The predicted octanol–water partition coefficient (Wildman–Crippen LogP) is 3.44. The van der Waals surface area contributed by atoms with E-state index in [1.165, 1.54) is 12.8 Å². The number of carbonyl (C=O) groups excluding carboxylic acids is 3. The number of carbonyl (C=O) groups is 3. The summed E-state index contributed by atoms with van der Waals surface area (Å²) in [6.45, 7) is 2.93. The lowest BCUT2D eigenvalue weighted by Crippen LogP contribution is -2.40. The molecule has 3 amide bonds. The molecule has 0 spiro atoms. The van der Waals surface area contributed by atoms with Crippen LogP contribution in [0.1, 0.15) is 64.6 Å². The highest BCUT2D eigenvalue weighted by Gasteiger charge is 2.29. The van der Waals surface area contributed by atoms with E-state index in [0.717, 1.165) is 50.1 Å². The summed E-state index contributed by atoms with van der Waals surface area (Å²) in [7, 11) is 1.58. The fraction of sp³-hybridized carbons (Fsp3) is 0.542. The lowest BCUT2D eigenvalue weighted by Gasteiger charge is -2.32. The van der Waals surface area contributed by atoms with Gasteiger partial charge in [0.2, 0.25) is 15.9 Å². The third-order valence-corrected chi connectivity index (χ3v) is 7.38. The zero-order valence-corrected chi connectivity index (χ0v) is 20.3. The minimum Gasteiger partial charge on any atom is -0.497 e. The lowest BCUT2D eigenvalue weighted by atomic mass is 9.93. The zero-order valence-electron chi connectivity index (χ0n) is 19.5. The average Bonchev–Trinajstić information content (AvgIpc) is 3.20. The van der Waals surface area contributed by atoms with Crippen molar-refractivity contribution in [1.82, 2.24) is 20.0 Å². The van der Waals surface area contributed by atoms with E-state index in [-0.39, 0.29) is 21.8 Å². The molecule has 1 N–H and O–H groups in total. The van der Waals surface area contributed by atoms with Crippen LogP contribution in [0.4, 0.5) is 5.69 Å². The van der Waals surface area contributed by atoms with Gasteiger partial charge in [-0.1, -0.05) is 24.2 Å². The Morgan fingerprint density at radius 1 is 0.941 bits per heavy atom. The first-order valence-corrected chi connectivity index (χ1v) is 12.7. The van der Waals surface area contributed by atoms with Gasteiger partial charge in [-0.25, -0.2) is 0 Å². The quantitative estimate of drug-likeness (QED) is 0.672. The number of amides is 3. The van der Waals surface area contributed by atoms with Crippen LogP contribution in [-0.2, 0) is 4.79 Å². The summed E-state index contributed by atoms with van der Waals surface area (Å²) in [6.07, 6.45) is 6.78. The fourth-order valence-electron chi connectivity index (χ4n) is 4.43. The van der Waals surface area contributed by atoms with E-state index >= 15 is 0 Å². The molecule has 2 aromatic rings. The van der Waals surface area contributed by atoms with Gasteiger partial charge in [-0.2, -0.15) is 0 Å². The van der Waals surface area contributed by atoms with Gasteiger partial charge in [-0.3, -0.25) is 14.4 Å². The molecule has 3 heterocycles. The highest BCUT2D eigenvalue weighted by Crippen LogP contribution is 2.25. The van der Waals surface area contributed by atoms with E-state index in [1.807, 2.05) is 4.90 Å². The van der Waals surface area contributed by atoms with Crippen molar-refractivity contribution in [2.45, 2.75) is 44.9 Å². The molecule has 2 aliphatic heterocycles. The fourth-order valence-corrected chi connectivity index (χ4v) is 5.14. The Kier molecular flexibility index (Phi) is 8.10. The number of ether oxygens (including phenoxy) is 1. The second-order valence-electron chi connectivity index (χ2n) is 8.83. The molecule has 0 aliphatic carbocycles. The summed E-state index contributed by atoms with van der Waals surface area (Å²) in [5.74, 6) is 0.631. The number of nitrogens with one attached hydrogen (secondary N) is 1. The van der Waals surface area contributed by atoms with Gasteiger partial charge in [-0.15, -0.1) is 10.2 Å². The van der Waals surface area contributed by atoms with Gasteiger partial charge in [0.1, 0.15) is 5.75 Å². The molecule has 9 nitrogen and oxygen atoms in total. The maximum atomic E-state index is 12.9. The van der Waals surface area contributed by atoms with Crippen LogP contribution in [0, 0.1) is 5.92 Å². The molecule has 34 heavy (non-hydrogen) atoms. The van der Waals surface area contributed by atoms with Gasteiger partial charge < -0.3 is 19.9 Å². The number of likely N-dealkylation sites (tertiary alicyclic amines) is 2. The van der Waals surface area contributed by atoms with Gasteiger partial charge >= 0.3 is 0 Å². The second kappa shape index (κ2) is 11.4. The molecule has 182 valence electrons. The molecule has 0 bridgehead atoms. The van der Waals surface area contributed by atoms with E-state index in [2.05, 4.69) is 15.5 Å². The van der Waals surface area contributed by atoms with E-state index < -0.39 is 5.91 Å². The Balaban J connectivity index is 1.26. The molecule has 2 fully saturated rings. The van der Waals surface area contributed by atoms with Crippen molar-refractivity contribution in [2.24, 2.45) is 5.92 Å². The summed E-state index contributed by atoms with van der Waals surface area (Å²) in [6, 6.07) is 6.95. The van der Waals surface area contributed by atoms with Crippen LogP contribution in [-0.4, -0.2) is 71.0 Å². The van der Waals surface area contributed by atoms with Crippen molar-refractivity contribution in [2.75, 3.05) is 38.6 Å². The first kappa shape index (κ1) is 24.1. The topological polar surface area (TPSA) is 105 Å². The molecule has 0 unspecified atom stereocenters. The standard InChI is InChI=1S/C24H31N5O4S/c1-33-19-8-6-18(7-9-19)25-21(31)22-26-27-23(34-22)24(32)29-14-10-17(11-15-29)16-20(30)28-12-4-2-3-5-13-28/h6-9,17H,2-5,10-16H2,1H3,(H,25,31). The van der Waals surface area contributed by atoms with E-state index in [9.17, 15) is 14.4 Å². The molecule has 10 heteroatoms. The maximum Gasteiger partial charge on any atom is 0.286 e. The number of benzene rings is 1. The van der Waals surface area contributed by atoms with Crippen molar-refractivity contribution in [3.8, 4) is 5.75 Å². The number of anilines is 1. The smallest absolute Gasteiger partial charge is 0.286 e. The number of methoxy groups -OCH3 is 1. The molecule has 4 rings (SSSR count). The maximum absolute atomic E-state index is 12.9. The monoisotopic (exact) mass is 485 g/mol. The Morgan fingerprint density at radius 3 is 2.24 bits per heavy atom. The van der Waals surface area contributed by atoms with Crippen LogP contribution in [0.5, 0.6) is 5.75 Å². The molecule has 2 aliphatic rings. The summed E-state index contributed by atoms with van der Waals surface area (Å²) in [5.41, 5.74) is 0.602. The minimum atomic E-state index is -0.410. The van der Waals surface area contributed by atoms with Crippen LogP contribution in [0.3, 0.4) is 0 Å². The molecule has 0 radical (unpaired) electrons. The number of rotatable bonds is 6. The lowest BCUT2D eigenvalue weighted by molar-refractivity contribution is -0.132. The Bertz CT molecular complexity index is 993. The SMILES string of the molecule is COc1ccc(NC(=O)c2nnc(C(=O)N3CCC(CC(=O)N4CCCCCC4)CC3)s2)cc1. The zero-order chi connectivity index (χ0) is 23.9. The molecule has 1 aromatic carbocycles. The average molecular weight is 486 g/mol. The molecular formula is C24H31N5O4S. The van der Waals surface area contributed by atoms with Crippen molar-refractivity contribution >= 4 is 34.7 Å². The number of aromatic nitrogens is 2. The Hall–Kier alpha value is -3.01. The van der Waals surface area contributed by atoms with E-state index in [4.69, 9.17) is 4.74 Å². The third kappa shape index (κ3) is 6.11. The molecule has 1 aromatic heterocycles. The highest BCUT2D eigenvalue weighted by molar-refractivity contribution is 7.15. The predicted molar refractivity (Wildman–Crippen MR) is 129 cm³/mol.